The van der Waals surface area contributed by atoms with E-state index in [9.17, 15) is 4.79 Å². The van der Waals surface area contributed by atoms with E-state index in [1.165, 1.54) is 0 Å². The normalized spacial score (nSPS) is 11.4. The van der Waals surface area contributed by atoms with Crippen LogP contribution in [-0.4, -0.2) is 23.7 Å². The molecular formula is C6H10N2O2. The summed E-state index contributed by atoms with van der Waals surface area (Å²) in [6.45, 7) is 0.242. The van der Waals surface area contributed by atoms with Gasteiger partial charge in [0, 0.05) is 6.42 Å². The van der Waals surface area contributed by atoms with E-state index >= 15 is 0 Å². The zero-order valence-electron chi connectivity index (χ0n) is 5.50. The lowest BCUT2D eigenvalue weighted by Gasteiger charge is -1.97. The lowest BCUT2D eigenvalue weighted by molar-refractivity contribution is -0.138. The number of aliphatic carboxylic acids is 1. The van der Waals surface area contributed by atoms with Gasteiger partial charge in [-0.25, -0.2) is 0 Å². The van der Waals surface area contributed by atoms with Crippen molar-refractivity contribution in [3.05, 3.63) is 0 Å². The van der Waals surface area contributed by atoms with Crippen LogP contribution < -0.4 is 11.5 Å². The number of carbonyl (C=O) groups is 1. The Labute approximate surface area is 59.2 Å². The Kier molecular flexibility index (Phi) is 4.29. The molecule has 0 saturated carbocycles. The van der Waals surface area contributed by atoms with Gasteiger partial charge in [-0.3, -0.25) is 4.79 Å². The topological polar surface area (TPSA) is 89.3 Å². The van der Waals surface area contributed by atoms with Gasteiger partial charge in [-0.05, 0) is 0 Å². The number of carboxylic acid groups (broad SMARTS) is 1. The first-order valence-corrected chi connectivity index (χ1v) is 2.82. The second kappa shape index (κ2) is 4.79. The highest BCUT2D eigenvalue weighted by Gasteiger charge is 2.07. The van der Waals surface area contributed by atoms with Crippen LogP contribution in [0.4, 0.5) is 0 Å². The molecule has 0 saturated heterocycles. The molecule has 0 aliphatic heterocycles. The number of rotatable bonds is 2. The summed E-state index contributed by atoms with van der Waals surface area (Å²) in [7, 11) is 0. The Bertz CT molecular complexity index is 168. The van der Waals surface area contributed by atoms with Crippen LogP contribution in [0.1, 0.15) is 6.42 Å². The molecule has 5 N–H and O–H groups in total. The van der Waals surface area contributed by atoms with Crippen molar-refractivity contribution in [1.29, 1.82) is 0 Å². The van der Waals surface area contributed by atoms with Gasteiger partial charge < -0.3 is 16.6 Å². The smallest absolute Gasteiger partial charge is 0.321 e. The monoisotopic (exact) mass is 142 g/mol. The average Bonchev–Trinajstić information content (AvgIpc) is 1.88. The van der Waals surface area contributed by atoms with Gasteiger partial charge in [0.05, 0.1) is 6.54 Å². The van der Waals surface area contributed by atoms with Crippen LogP contribution in [0.3, 0.4) is 0 Å². The Balaban J connectivity index is 3.58. The molecule has 0 aromatic carbocycles. The first-order chi connectivity index (χ1) is 4.68. The van der Waals surface area contributed by atoms with Crippen LogP contribution in [0.15, 0.2) is 0 Å². The van der Waals surface area contributed by atoms with Crippen molar-refractivity contribution in [3.8, 4) is 11.8 Å². The fourth-order valence-electron chi connectivity index (χ4n) is 0.342. The molecule has 56 valence electrons. The SMILES string of the molecule is NCC#CCC(N)C(=O)O. The third-order valence-electron chi connectivity index (χ3n) is 0.866. The molecule has 4 heteroatoms. The number of carboxylic acids is 1. The summed E-state index contributed by atoms with van der Waals surface area (Å²) in [6.07, 6.45) is 0.159. The highest BCUT2D eigenvalue weighted by atomic mass is 16.4. The summed E-state index contributed by atoms with van der Waals surface area (Å²) in [4.78, 5) is 10.1. The molecule has 0 fully saturated rings. The molecule has 0 amide bonds. The van der Waals surface area contributed by atoms with E-state index in [-0.39, 0.29) is 13.0 Å². The minimum absolute atomic E-state index is 0.159. The maximum atomic E-state index is 10.1. The zero-order valence-corrected chi connectivity index (χ0v) is 5.50. The van der Waals surface area contributed by atoms with E-state index in [4.69, 9.17) is 16.6 Å². The highest BCUT2D eigenvalue weighted by Crippen LogP contribution is 1.83. The molecule has 0 aliphatic rings. The lowest BCUT2D eigenvalue weighted by atomic mass is 10.2. The van der Waals surface area contributed by atoms with E-state index < -0.39 is 12.0 Å². The van der Waals surface area contributed by atoms with E-state index in [0.717, 1.165) is 0 Å². The van der Waals surface area contributed by atoms with Crippen LogP contribution in [0, 0.1) is 11.8 Å². The van der Waals surface area contributed by atoms with Crippen molar-refractivity contribution in [2.45, 2.75) is 12.5 Å². The third-order valence-corrected chi connectivity index (χ3v) is 0.866. The van der Waals surface area contributed by atoms with Gasteiger partial charge in [-0.1, -0.05) is 11.8 Å². The van der Waals surface area contributed by atoms with Gasteiger partial charge in [-0.2, -0.15) is 0 Å². The molecule has 0 aromatic rings. The van der Waals surface area contributed by atoms with Gasteiger partial charge in [0.1, 0.15) is 6.04 Å². The predicted molar refractivity (Wildman–Crippen MR) is 37.1 cm³/mol. The van der Waals surface area contributed by atoms with Gasteiger partial charge in [-0.15, -0.1) is 0 Å². The van der Waals surface area contributed by atoms with Gasteiger partial charge >= 0.3 is 5.97 Å². The summed E-state index contributed by atoms with van der Waals surface area (Å²) in [6, 6.07) is -0.890. The van der Waals surface area contributed by atoms with E-state index in [2.05, 4.69) is 11.8 Å². The summed E-state index contributed by atoms with van der Waals surface area (Å²) in [5.74, 6) is 4.02. The van der Waals surface area contributed by atoms with E-state index in [1.807, 2.05) is 0 Å². The molecule has 0 spiro atoms. The quantitative estimate of drug-likeness (QED) is 0.420. The summed E-state index contributed by atoms with van der Waals surface area (Å²) < 4.78 is 0. The number of hydrogen-bond donors (Lipinski definition) is 3. The molecular weight excluding hydrogens is 132 g/mol. The molecule has 0 heterocycles. The first-order valence-electron chi connectivity index (χ1n) is 2.82. The second-order valence-corrected chi connectivity index (χ2v) is 1.71. The van der Waals surface area contributed by atoms with Crippen LogP contribution in [0.5, 0.6) is 0 Å². The van der Waals surface area contributed by atoms with E-state index in [1.54, 1.807) is 0 Å². The first kappa shape index (κ1) is 8.95. The second-order valence-electron chi connectivity index (χ2n) is 1.71. The van der Waals surface area contributed by atoms with Gasteiger partial charge in [0.2, 0.25) is 0 Å². The Morgan fingerprint density at radius 3 is 2.60 bits per heavy atom. The molecule has 0 radical (unpaired) electrons. The Hall–Kier alpha value is -1.05. The van der Waals surface area contributed by atoms with Crippen molar-refractivity contribution in [2.75, 3.05) is 6.54 Å². The van der Waals surface area contributed by atoms with Crippen molar-refractivity contribution in [1.82, 2.24) is 0 Å². The Morgan fingerprint density at radius 1 is 1.60 bits per heavy atom. The highest BCUT2D eigenvalue weighted by molar-refractivity contribution is 5.73. The largest absolute Gasteiger partial charge is 0.480 e. The third kappa shape index (κ3) is 3.89. The van der Waals surface area contributed by atoms with Gasteiger partial charge in [0.15, 0.2) is 0 Å². The average molecular weight is 142 g/mol. The predicted octanol–water partition coefficient (Wildman–Crippen LogP) is -1.25. The van der Waals surface area contributed by atoms with Crippen molar-refractivity contribution < 1.29 is 9.90 Å². The summed E-state index contributed by atoms with van der Waals surface area (Å²) in [5, 5.41) is 8.26. The van der Waals surface area contributed by atoms with Crippen LogP contribution >= 0.6 is 0 Å². The fourth-order valence-corrected chi connectivity index (χ4v) is 0.342. The molecule has 1 atom stereocenters. The maximum absolute atomic E-state index is 10.1. The van der Waals surface area contributed by atoms with Crippen molar-refractivity contribution in [3.63, 3.8) is 0 Å². The van der Waals surface area contributed by atoms with Crippen molar-refractivity contribution in [2.24, 2.45) is 11.5 Å². The van der Waals surface area contributed by atoms with Gasteiger partial charge in [0.25, 0.3) is 0 Å². The molecule has 0 aromatic heterocycles. The van der Waals surface area contributed by atoms with Crippen LogP contribution in [-0.2, 0) is 4.79 Å². The minimum Gasteiger partial charge on any atom is -0.480 e. The molecule has 4 nitrogen and oxygen atoms in total. The molecule has 1 unspecified atom stereocenters. The molecule has 0 rings (SSSR count). The standard InChI is InChI=1S/C6H10N2O2/c7-4-2-1-3-5(8)6(9)10/h5H,3-4,7-8H2,(H,9,10). The van der Waals surface area contributed by atoms with Crippen LogP contribution in [0.25, 0.3) is 0 Å². The molecule has 10 heavy (non-hydrogen) atoms. The number of nitrogens with two attached hydrogens (primary N) is 2. The van der Waals surface area contributed by atoms with Crippen molar-refractivity contribution >= 4 is 5.97 Å². The summed E-state index contributed by atoms with van der Waals surface area (Å²) in [5.41, 5.74) is 10.1. The zero-order chi connectivity index (χ0) is 7.98. The molecule has 0 aliphatic carbocycles. The summed E-state index contributed by atoms with van der Waals surface area (Å²) >= 11 is 0. The maximum Gasteiger partial charge on any atom is 0.321 e. The molecule has 0 bridgehead atoms. The van der Waals surface area contributed by atoms with E-state index in [0.29, 0.717) is 0 Å². The Morgan fingerprint density at radius 2 is 2.20 bits per heavy atom. The minimum atomic E-state index is -1.04. The van der Waals surface area contributed by atoms with Crippen LogP contribution in [0.2, 0.25) is 0 Å². The lowest BCUT2D eigenvalue weighted by Crippen LogP contribution is -2.29. The number of hydrogen-bond acceptors (Lipinski definition) is 3. The fraction of sp³-hybridized carbons (Fsp3) is 0.500.